The van der Waals surface area contributed by atoms with Gasteiger partial charge in [0.25, 0.3) is 0 Å². The van der Waals surface area contributed by atoms with E-state index in [0.717, 1.165) is 36.0 Å². The first kappa shape index (κ1) is 19.6. The van der Waals surface area contributed by atoms with Gasteiger partial charge in [-0.05, 0) is 49.7 Å². The van der Waals surface area contributed by atoms with E-state index in [4.69, 9.17) is 21.7 Å². The number of methoxy groups -OCH3 is 2. The van der Waals surface area contributed by atoms with Crippen molar-refractivity contribution in [1.29, 1.82) is 0 Å². The van der Waals surface area contributed by atoms with Crippen LogP contribution >= 0.6 is 12.2 Å². The van der Waals surface area contributed by atoms with Crippen molar-refractivity contribution in [2.45, 2.75) is 52.0 Å². The highest BCUT2D eigenvalue weighted by molar-refractivity contribution is 7.80. The Morgan fingerprint density at radius 3 is 2.57 bits per heavy atom. The van der Waals surface area contributed by atoms with E-state index in [-0.39, 0.29) is 0 Å². The number of thiocarbonyl (C=S) groups is 1. The molecule has 0 fully saturated rings. The van der Waals surface area contributed by atoms with Gasteiger partial charge in [-0.1, -0.05) is 32.3 Å². The van der Waals surface area contributed by atoms with Crippen LogP contribution < -0.4 is 20.1 Å². The molecule has 4 nitrogen and oxygen atoms in total. The van der Waals surface area contributed by atoms with Gasteiger partial charge >= 0.3 is 0 Å². The van der Waals surface area contributed by atoms with Crippen molar-refractivity contribution in [3.63, 3.8) is 0 Å². The third kappa shape index (κ3) is 7.55. The van der Waals surface area contributed by atoms with E-state index in [0.29, 0.717) is 6.04 Å². The molecule has 1 unspecified atom stereocenters. The van der Waals surface area contributed by atoms with E-state index < -0.39 is 0 Å². The second-order valence-corrected chi connectivity index (χ2v) is 6.14. The number of unbranched alkanes of at least 4 members (excludes halogenated alkanes) is 2. The first-order valence-corrected chi connectivity index (χ1v) is 8.76. The number of hydrogen-bond donors (Lipinski definition) is 2. The van der Waals surface area contributed by atoms with Crippen molar-refractivity contribution in [1.82, 2.24) is 10.6 Å². The molecule has 0 aromatic heterocycles. The Hall–Kier alpha value is -1.49. The Morgan fingerprint density at radius 2 is 1.91 bits per heavy atom. The summed E-state index contributed by atoms with van der Waals surface area (Å²) in [5.41, 5.74) is 1.19. The quantitative estimate of drug-likeness (QED) is 0.503. The molecule has 0 saturated heterocycles. The normalized spacial score (nSPS) is 11.7. The van der Waals surface area contributed by atoms with E-state index >= 15 is 0 Å². The summed E-state index contributed by atoms with van der Waals surface area (Å²) in [6.45, 7) is 5.19. The summed E-state index contributed by atoms with van der Waals surface area (Å²) in [7, 11) is 3.30. The van der Waals surface area contributed by atoms with Crippen LogP contribution in [-0.2, 0) is 6.42 Å². The first-order chi connectivity index (χ1) is 11.1. The van der Waals surface area contributed by atoms with Crippen molar-refractivity contribution >= 4 is 17.3 Å². The summed E-state index contributed by atoms with van der Waals surface area (Å²) in [6.07, 6.45) is 5.82. The maximum atomic E-state index is 5.35. The molecule has 0 aliphatic rings. The second-order valence-electron chi connectivity index (χ2n) is 5.74. The van der Waals surface area contributed by atoms with E-state index in [1.807, 2.05) is 18.2 Å². The molecule has 23 heavy (non-hydrogen) atoms. The molecule has 5 heteroatoms. The molecule has 2 N–H and O–H groups in total. The average molecular weight is 339 g/mol. The van der Waals surface area contributed by atoms with Crippen LogP contribution in [0, 0.1) is 0 Å². The summed E-state index contributed by atoms with van der Waals surface area (Å²) in [5, 5.41) is 7.34. The minimum absolute atomic E-state index is 0.419. The van der Waals surface area contributed by atoms with Gasteiger partial charge in [-0.2, -0.15) is 0 Å². The van der Waals surface area contributed by atoms with Crippen LogP contribution in [0.2, 0.25) is 0 Å². The standard InChI is InChI=1S/C18H30N2O2S/c1-5-6-7-8-14(2)20-18(23)19-12-11-15-9-10-16(21-3)17(13-15)22-4/h9-10,13-14H,5-8,11-12H2,1-4H3,(H2,19,20,23). The van der Waals surface area contributed by atoms with Crippen LogP contribution in [0.3, 0.4) is 0 Å². The fourth-order valence-electron chi connectivity index (χ4n) is 2.40. The second kappa shape index (κ2) is 11.1. The predicted octanol–water partition coefficient (Wildman–Crippen LogP) is 3.68. The Balaban J connectivity index is 2.32. The fourth-order valence-corrected chi connectivity index (χ4v) is 2.71. The minimum atomic E-state index is 0.419. The molecule has 130 valence electrons. The lowest BCUT2D eigenvalue weighted by Crippen LogP contribution is -2.41. The molecule has 0 aliphatic heterocycles. The Bertz CT molecular complexity index is 480. The van der Waals surface area contributed by atoms with Crippen molar-refractivity contribution in [3.05, 3.63) is 23.8 Å². The first-order valence-electron chi connectivity index (χ1n) is 8.36. The summed E-state index contributed by atoms with van der Waals surface area (Å²) in [4.78, 5) is 0. The maximum Gasteiger partial charge on any atom is 0.166 e. The zero-order valence-electron chi connectivity index (χ0n) is 14.8. The van der Waals surface area contributed by atoms with Gasteiger partial charge in [0.2, 0.25) is 0 Å². The third-order valence-corrected chi connectivity index (χ3v) is 4.03. The lowest BCUT2D eigenvalue weighted by molar-refractivity contribution is 0.354. The number of ether oxygens (including phenoxy) is 2. The van der Waals surface area contributed by atoms with Crippen molar-refractivity contribution in [3.8, 4) is 11.5 Å². The minimum Gasteiger partial charge on any atom is -0.493 e. The topological polar surface area (TPSA) is 42.5 Å². The summed E-state index contributed by atoms with van der Waals surface area (Å²) >= 11 is 5.35. The Morgan fingerprint density at radius 1 is 1.17 bits per heavy atom. The van der Waals surface area contributed by atoms with Crippen LogP contribution in [-0.4, -0.2) is 31.9 Å². The van der Waals surface area contributed by atoms with Crippen molar-refractivity contribution in [2.24, 2.45) is 0 Å². The monoisotopic (exact) mass is 338 g/mol. The highest BCUT2D eigenvalue weighted by Gasteiger charge is 2.06. The fraction of sp³-hybridized carbons (Fsp3) is 0.611. The molecule has 1 aromatic carbocycles. The number of nitrogens with one attached hydrogen (secondary N) is 2. The lowest BCUT2D eigenvalue weighted by Gasteiger charge is -2.17. The number of benzene rings is 1. The zero-order chi connectivity index (χ0) is 17.1. The van der Waals surface area contributed by atoms with Gasteiger partial charge < -0.3 is 20.1 Å². The highest BCUT2D eigenvalue weighted by Crippen LogP contribution is 2.27. The van der Waals surface area contributed by atoms with Gasteiger partial charge in [-0.15, -0.1) is 0 Å². The molecular weight excluding hydrogens is 308 g/mol. The SMILES string of the molecule is CCCCCC(C)NC(=S)NCCc1ccc(OC)c(OC)c1. The van der Waals surface area contributed by atoms with Crippen molar-refractivity contribution in [2.75, 3.05) is 20.8 Å². The molecule has 0 saturated carbocycles. The van der Waals surface area contributed by atoms with Crippen LogP contribution in [0.1, 0.15) is 45.1 Å². The molecule has 0 bridgehead atoms. The molecule has 0 heterocycles. The molecule has 1 atom stereocenters. The molecule has 1 rings (SSSR count). The third-order valence-electron chi connectivity index (χ3n) is 3.77. The number of rotatable bonds is 10. The predicted molar refractivity (Wildman–Crippen MR) is 101 cm³/mol. The maximum absolute atomic E-state index is 5.35. The van der Waals surface area contributed by atoms with Gasteiger partial charge in [0.15, 0.2) is 16.6 Å². The average Bonchev–Trinajstić information content (AvgIpc) is 2.54. The van der Waals surface area contributed by atoms with E-state index in [9.17, 15) is 0 Å². The molecule has 0 radical (unpaired) electrons. The molecule has 0 amide bonds. The van der Waals surface area contributed by atoms with Crippen molar-refractivity contribution < 1.29 is 9.47 Å². The van der Waals surface area contributed by atoms with Gasteiger partial charge in [0.1, 0.15) is 0 Å². The Kier molecular flexibility index (Phi) is 9.45. The summed E-state index contributed by atoms with van der Waals surface area (Å²) in [6, 6.07) is 6.40. The van der Waals surface area contributed by atoms with Gasteiger partial charge in [-0.3, -0.25) is 0 Å². The van der Waals surface area contributed by atoms with Gasteiger partial charge in [0.05, 0.1) is 14.2 Å². The number of hydrogen-bond acceptors (Lipinski definition) is 3. The van der Waals surface area contributed by atoms with Gasteiger partial charge in [0, 0.05) is 12.6 Å². The van der Waals surface area contributed by atoms with Crippen LogP contribution in [0.15, 0.2) is 18.2 Å². The van der Waals surface area contributed by atoms with E-state index in [2.05, 4.69) is 24.5 Å². The van der Waals surface area contributed by atoms with Gasteiger partial charge in [-0.25, -0.2) is 0 Å². The van der Waals surface area contributed by atoms with Crippen LogP contribution in [0.4, 0.5) is 0 Å². The van der Waals surface area contributed by atoms with E-state index in [1.165, 1.54) is 24.8 Å². The molecular formula is C18H30N2O2S. The molecule has 1 aromatic rings. The summed E-state index contributed by atoms with van der Waals surface area (Å²) < 4.78 is 10.6. The zero-order valence-corrected chi connectivity index (χ0v) is 15.6. The summed E-state index contributed by atoms with van der Waals surface area (Å²) in [5.74, 6) is 1.51. The highest BCUT2D eigenvalue weighted by atomic mass is 32.1. The smallest absolute Gasteiger partial charge is 0.166 e. The lowest BCUT2D eigenvalue weighted by atomic mass is 10.1. The molecule has 0 aliphatic carbocycles. The van der Waals surface area contributed by atoms with E-state index in [1.54, 1.807) is 14.2 Å². The van der Waals surface area contributed by atoms with Crippen LogP contribution in [0.5, 0.6) is 11.5 Å². The Labute approximate surface area is 145 Å². The molecule has 0 spiro atoms. The largest absolute Gasteiger partial charge is 0.493 e. The van der Waals surface area contributed by atoms with Crippen LogP contribution in [0.25, 0.3) is 0 Å².